The Bertz CT molecular complexity index is 602. The fourth-order valence-corrected chi connectivity index (χ4v) is 3.41. The molecular weight excluding hydrogens is 350 g/mol. The standard InChI is InChI=1S/C16H20BrNO4/c1-4-22-12-9-16(14(20)21,15(12,2)3)18-13(19)10-7-5-6-8-11(10)17/h5-8,12H,4,9H2,1-3H3,(H,18,19)(H,20,21). The number of ether oxygens (including phenoxy) is 1. The minimum atomic E-state index is -1.32. The van der Waals surface area contributed by atoms with E-state index in [0.29, 0.717) is 16.6 Å². The van der Waals surface area contributed by atoms with Gasteiger partial charge in [0.2, 0.25) is 0 Å². The number of nitrogens with one attached hydrogen (secondary N) is 1. The minimum Gasteiger partial charge on any atom is -0.479 e. The van der Waals surface area contributed by atoms with Crippen molar-refractivity contribution in [3.8, 4) is 0 Å². The van der Waals surface area contributed by atoms with Gasteiger partial charge in [-0.25, -0.2) is 4.79 Å². The largest absolute Gasteiger partial charge is 0.479 e. The van der Waals surface area contributed by atoms with Gasteiger partial charge in [-0.2, -0.15) is 0 Å². The van der Waals surface area contributed by atoms with Crippen molar-refractivity contribution in [2.75, 3.05) is 6.61 Å². The number of benzene rings is 1. The fraction of sp³-hybridized carbons (Fsp3) is 0.500. The monoisotopic (exact) mass is 369 g/mol. The molecule has 1 saturated carbocycles. The van der Waals surface area contributed by atoms with E-state index in [4.69, 9.17) is 4.74 Å². The van der Waals surface area contributed by atoms with Crippen LogP contribution in [0.25, 0.3) is 0 Å². The Balaban J connectivity index is 2.27. The summed E-state index contributed by atoms with van der Waals surface area (Å²) in [5.74, 6) is -1.44. The lowest BCUT2D eigenvalue weighted by Crippen LogP contribution is -2.76. The molecule has 2 N–H and O–H groups in total. The molecule has 0 aromatic heterocycles. The number of rotatable bonds is 5. The van der Waals surface area contributed by atoms with Crippen LogP contribution in [0.3, 0.4) is 0 Å². The molecule has 0 saturated heterocycles. The van der Waals surface area contributed by atoms with Crippen LogP contribution in [-0.2, 0) is 9.53 Å². The maximum absolute atomic E-state index is 12.5. The first-order valence-corrected chi connectivity index (χ1v) is 7.97. The third kappa shape index (κ3) is 2.54. The summed E-state index contributed by atoms with van der Waals surface area (Å²) in [5, 5.41) is 12.4. The van der Waals surface area contributed by atoms with Crippen molar-refractivity contribution in [2.45, 2.75) is 38.8 Å². The molecular formula is C16H20BrNO4. The Hall–Kier alpha value is -1.40. The second-order valence-electron chi connectivity index (χ2n) is 6.01. The average Bonchev–Trinajstić information content (AvgIpc) is 2.45. The lowest BCUT2D eigenvalue weighted by molar-refractivity contribution is -0.190. The zero-order valence-corrected chi connectivity index (χ0v) is 14.4. The van der Waals surface area contributed by atoms with Crippen LogP contribution >= 0.6 is 15.9 Å². The highest BCUT2D eigenvalue weighted by molar-refractivity contribution is 9.10. The van der Waals surface area contributed by atoms with Crippen molar-refractivity contribution in [1.82, 2.24) is 5.32 Å². The van der Waals surface area contributed by atoms with Gasteiger partial charge in [-0.3, -0.25) is 4.79 Å². The third-order valence-corrected chi connectivity index (χ3v) is 5.27. The van der Waals surface area contributed by atoms with Crippen molar-refractivity contribution in [3.63, 3.8) is 0 Å². The quantitative estimate of drug-likeness (QED) is 0.836. The number of carboxylic acids is 1. The molecule has 1 aliphatic rings. The van der Waals surface area contributed by atoms with Crippen LogP contribution in [-0.4, -0.2) is 35.2 Å². The average molecular weight is 370 g/mol. The SMILES string of the molecule is CCOC1CC(NC(=O)c2ccccc2Br)(C(=O)O)C1(C)C. The number of carbonyl (C=O) groups is 2. The van der Waals surface area contributed by atoms with E-state index in [1.54, 1.807) is 24.3 Å². The second kappa shape index (κ2) is 6.01. The first kappa shape index (κ1) is 17.0. The van der Waals surface area contributed by atoms with Gasteiger partial charge in [-0.15, -0.1) is 0 Å². The van der Waals surface area contributed by atoms with Crippen molar-refractivity contribution in [3.05, 3.63) is 34.3 Å². The van der Waals surface area contributed by atoms with Crippen molar-refractivity contribution in [1.29, 1.82) is 0 Å². The summed E-state index contributed by atoms with van der Waals surface area (Å²) in [7, 11) is 0. The summed E-state index contributed by atoms with van der Waals surface area (Å²) in [6, 6.07) is 6.94. The number of carboxylic acid groups (broad SMARTS) is 1. The van der Waals surface area contributed by atoms with E-state index in [-0.39, 0.29) is 12.5 Å². The topological polar surface area (TPSA) is 75.6 Å². The maximum Gasteiger partial charge on any atom is 0.330 e. The van der Waals surface area contributed by atoms with Crippen LogP contribution in [0.15, 0.2) is 28.7 Å². The lowest BCUT2D eigenvalue weighted by Gasteiger charge is -2.58. The smallest absolute Gasteiger partial charge is 0.330 e. The zero-order chi connectivity index (χ0) is 16.5. The van der Waals surface area contributed by atoms with Crippen molar-refractivity contribution >= 4 is 27.8 Å². The molecule has 6 heteroatoms. The molecule has 0 radical (unpaired) electrons. The minimum absolute atomic E-state index is 0.187. The maximum atomic E-state index is 12.5. The third-order valence-electron chi connectivity index (χ3n) is 4.57. The van der Waals surface area contributed by atoms with Gasteiger partial charge in [0.15, 0.2) is 0 Å². The molecule has 0 heterocycles. The molecule has 1 aromatic rings. The van der Waals surface area contributed by atoms with Gasteiger partial charge in [0.05, 0.1) is 11.7 Å². The molecule has 2 rings (SSSR count). The van der Waals surface area contributed by atoms with Gasteiger partial charge >= 0.3 is 5.97 Å². The van der Waals surface area contributed by atoms with Crippen molar-refractivity contribution < 1.29 is 19.4 Å². The van der Waals surface area contributed by atoms with Crippen molar-refractivity contribution in [2.24, 2.45) is 5.41 Å². The van der Waals surface area contributed by atoms with Crippen LogP contribution < -0.4 is 5.32 Å². The molecule has 0 spiro atoms. The summed E-state index contributed by atoms with van der Waals surface area (Å²) < 4.78 is 6.22. The lowest BCUT2D eigenvalue weighted by atomic mass is 9.54. The number of hydrogen-bond donors (Lipinski definition) is 2. The van der Waals surface area contributed by atoms with Gasteiger partial charge in [0, 0.05) is 22.9 Å². The van der Waals surface area contributed by atoms with Gasteiger partial charge in [0.1, 0.15) is 5.54 Å². The molecule has 120 valence electrons. The molecule has 1 fully saturated rings. The van der Waals surface area contributed by atoms with E-state index in [9.17, 15) is 14.7 Å². The van der Waals surface area contributed by atoms with E-state index in [1.165, 1.54) is 0 Å². The van der Waals surface area contributed by atoms with Gasteiger partial charge in [-0.1, -0.05) is 26.0 Å². The Morgan fingerprint density at radius 2 is 2.05 bits per heavy atom. The van der Waals surface area contributed by atoms with E-state index < -0.39 is 22.8 Å². The summed E-state index contributed by atoms with van der Waals surface area (Å²) in [6.45, 7) is 6.01. The van der Waals surface area contributed by atoms with E-state index in [2.05, 4.69) is 21.2 Å². The van der Waals surface area contributed by atoms with Crippen LogP contribution in [0.5, 0.6) is 0 Å². The molecule has 2 atom stereocenters. The highest BCUT2D eigenvalue weighted by atomic mass is 79.9. The molecule has 5 nitrogen and oxygen atoms in total. The Morgan fingerprint density at radius 3 is 2.55 bits per heavy atom. The second-order valence-corrected chi connectivity index (χ2v) is 6.87. The zero-order valence-electron chi connectivity index (χ0n) is 12.9. The summed E-state index contributed by atoms with van der Waals surface area (Å²) in [5.41, 5.74) is -1.59. The van der Waals surface area contributed by atoms with Crippen LogP contribution in [0.1, 0.15) is 37.6 Å². The highest BCUT2D eigenvalue weighted by Gasteiger charge is 2.66. The molecule has 0 bridgehead atoms. The predicted molar refractivity (Wildman–Crippen MR) is 85.8 cm³/mol. The Labute approximate surface area is 138 Å². The number of aliphatic carboxylic acids is 1. The normalized spacial score (nSPS) is 26.1. The molecule has 1 aliphatic carbocycles. The molecule has 0 aliphatic heterocycles. The predicted octanol–water partition coefficient (Wildman–Crippen LogP) is 2.84. The van der Waals surface area contributed by atoms with Crippen LogP contribution in [0.4, 0.5) is 0 Å². The molecule has 1 amide bonds. The molecule has 2 unspecified atom stereocenters. The van der Waals surface area contributed by atoms with Gasteiger partial charge in [0.25, 0.3) is 5.91 Å². The van der Waals surface area contributed by atoms with Crippen LogP contribution in [0, 0.1) is 5.41 Å². The van der Waals surface area contributed by atoms with E-state index >= 15 is 0 Å². The number of amides is 1. The summed E-state index contributed by atoms with van der Waals surface area (Å²) in [4.78, 5) is 24.3. The van der Waals surface area contributed by atoms with E-state index in [0.717, 1.165) is 0 Å². The Morgan fingerprint density at radius 1 is 1.41 bits per heavy atom. The first-order valence-electron chi connectivity index (χ1n) is 7.18. The molecule has 22 heavy (non-hydrogen) atoms. The van der Waals surface area contributed by atoms with Gasteiger partial charge < -0.3 is 15.2 Å². The highest BCUT2D eigenvalue weighted by Crippen LogP contribution is 2.51. The summed E-state index contributed by atoms with van der Waals surface area (Å²) >= 11 is 3.31. The fourth-order valence-electron chi connectivity index (χ4n) is 2.94. The Kier molecular flexibility index (Phi) is 4.63. The number of hydrogen-bond acceptors (Lipinski definition) is 3. The molecule has 1 aromatic carbocycles. The number of carbonyl (C=O) groups excluding carboxylic acids is 1. The van der Waals surface area contributed by atoms with E-state index in [1.807, 2.05) is 20.8 Å². The van der Waals surface area contributed by atoms with Crippen LogP contribution in [0.2, 0.25) is 0 Å². The first-order chi connectivity index (χ1) is 10.3. The number of halogens is 1. The summed E-state index contributed by atoms with van der Waals surface area (Å²) in [6.07, 6.45) is 0.0763. The van der Waals surface area contributed by atoms with Gasteiger partial charge in [-0.05, 0) is 35.0 Å².